The van der Waals surface area contributed by atoms with Gasteiger partial charge in [-0.05, 0) is 63.2 Å². The van der Waals surface area contributed by atoms with Crippen LogP contribution in [0.2, 0.25) is 0 Å². The van der Waals surface area contributed by atoms with Gasteiger partial charge in [0.1, 0.15) is 5.75 Å². The minimum atomic E-state index is 0.803. The van der Waals surface area contributed by atoms with Crippen LogP contribution in [-0.4, -0.2) is 20.7 Å². The van der Waals surface area contributed by atoms with Crippen LogP contribution in [0.5, 0.6) is 5.75 Å². The Morgan fingerprint density at radius 3 is 2.63 bits per heavy atom. The monoisotopic (exact) mass is 261 g/mol. The van der Waals surface area contributed by atoms with Crippen LogP contribution >= 0.6 is 0 Å². The molecule has 0 heterocycles. The van der Waals surface area contributed by atoms with Crippen molar-refractivity contribution in [2.45, 2.75) is 39.0 Å². The van der Waals surface area contributed by atoms with Gasteiger partial charge in [0.15, 0.2) is 0 Å². The van der Waals surface area contributed by atoms with Crippen molar-refractivity contribution >= 4 is 0 Å². The Balaban J connectivity index is 2.11. The van der Waals surface area contributed by atoms with Crippen molar-refractivity contribution in [2.75, 3.05) is 20.7 Å². The van der Waals surface area contributed by atoms with E-state index in [9.17, 15) is 0 Å². The van der Waals surface area contributed by atoms with E-state index in [2.05, 4.69) is 37.5 Å². The molecule has 1 aliphatic carbocycles. The minimum absolute atomic E-state index is 0.803. The summed E-state index contributed by atoms with van der Waals surface area (Å²) >= 11 is 0. The molecule has 0 radical (unpaired) electrons. The molecule has 1 aromatic carbocycles. The van der Waals surface area contributed by atoms with Gasteiger partial charge in [-0.15, -0.1) is 0 Å². The molecule has 2 heteroatoms. The molecule has 1 aromatic rings. The Morgan fingerprint density at radius 1 is 1.21 bits per heavy atom. The van der Waals surface area contributed by atoms with Crippen LogP contribution in [0.3, 0.4) is 0 Å². The van der Waals surface area contributed by atoms with Crippen molar-refractivity contribution in [1.82, 2.24) is 5.32 Å². The summed E-state index contributed by atoms with van der Waals surface area (Å²) in [6.45, 7) is 3.31. The average Bonchev–Trinajstić information content (AvgIpc) is 2.42. The third-order valence-electron chi connectivity index (χ3n) is 4.45. The quantitative estimate of drug-likeness (QED) is 0.875. The normalized spacial score (nSPS) is 23.3. The number of hydrogen-bond acceptors (Lipinski definition) is 2. The zero-order valence-electron chi connectivity index (χ0n) is 12.5. The zero-order valence-corrected chi connectivity index (χ0v) is 12.5. The van der Waals surface area contributed by atoms with Crippen LogP contribution in [0, 0.1) is 18.8 Å². The molecule has 19 heavy (non-hydrogen) atoms. The number of nitrogens with one attached hydrogen (secondary N) is 1. The second kappa shape index (κ2) is 6.95. The summed E-state index contributed by atoms with van der Waals surface area (Å²) in [4.78, 5) is 0. The van der Waals surface area contributed by atoms with Crippen LogP contribution < -0.4 is 10.1 Å². The predicted octanol–water partition coefficient (Wildman–Crippen LogP) is 3.57. The molecule has 2 rings (SSSR count). The van der Waals surface area contributed by atoms with Crippen molar-refractivity contribution in [3.05, 3.63) is 29.3 Å². The molecule has 1 aliphatic rings. The summed E-state index contributed by atoms with van der Waals surface area (Å²) in [5.41, 5.74) is 2.72. The van der Waals surface area contributed by atoms with Gasteiger partial charge in [-0.3, -0.25) is 0 Å². The van der Waals surface area contributed by atoms with Crippen molar-refractivity contribution in [2.24, 2.45) is 11.8 Å². The second-order valence-corrected chi connectivity index (χ2v) is 5.88. The molecular weight excluding hydrogens is 234 g/mol. The lowest BCUT2D eigenvalue weighted by Crippen LogP contribution is -2.30. The van der Waals surface area contributed by atoms with Gasteiger partial charge in [-0.1, -0.05) is 30.5 Å². The fourth-order valence-electron chi connectivity index (χ4n) is 3.43. The van der Waals surface area contributed by atoms with E-state index in [1.165, 1.54) is 36.8 Å². The first kappa shape index (κ1) is 14.4. The van der Waals surface area contributed by atoms with E-state index in [0.29, 0.717) is 0 Å². The molecule has 1 fully saturated rings. The number of benzene rings is 1. The van der Waals surface area contributed by atoms with Crippen LogP contribution in [0.1, 0.15) is 36.8 Å². The van der Waals surface area contributed by atoms with Crippen LogP contribution in [-0.2, 0) is 6.42 Å². The third-order valence-corrected chi connectivity index (χ3v) is 4.45. The standard InChI is InChI=1S/C17H27NO/c1-13-8-9-17(19-3)16(10-13)11-14-6-4-5-7-15(14)12-18-2/h8-10,14-15,18H,4-7,11-12H2,1-3H3. The van der Waals surface area contributed by atoms with E-state index < -0.39 is 0 Å². The largest absolute Gasteiger partial charge is 0.496 e. The maximum absolute atomic E-state index is 5.52. The topological polar surface area (TPSA) is 21.3 Å². The molecule has 106 valence electrons. The Hall–Kier alpha value is -1.02. The van der Waals surface area contributed by atoms with Gasteiger partial charge in [0.05, 0.1) is 7.11 Å². The van der Waals surface area contributed by atoms with E-state index in [-0.39, 0.29) is 0 Å². The number of hydrogen-bond donors (Lipinski definition) is 1. The van der Waals surface area contributed by atoms with Crippen molar-refractivity contribution in [3.8, 4) is 5.75 Å². The first-order chi connectivity index (χ1) is 9.24. The summed E-state index contributed by atoms with van der Waals surface area (Å²) < 4.78 is 5.52. The Labute approximate surface area is 117 Å². The van der Waals surface area contributed by atoms with Crippen LogP contribution in [0.25, 0.3) is 0 Å². The van der Waals surface area contributed by atoms with Crippen molar-refractivity contribution < 1.29 is 4.74 Å². The molecule has 0 bridgehead atoms. The SMILES string of the molecule is CNCC1CCCCC1Cc1cc(C)ccc1OC. The number of ether oxygens (including phenoxy) is 1. The lowest BCUT2D eigenvalue weighted by molar-refractivity contribution is 0.230. The highest BCUT2D eigenvalue weighted by atomic mass is 16.5. The fraction of sp³-hybridized carbons (Fsp3) is 0.647. The molecule has 0 spiro atoms. The van der Waals surface area contributed by atoms with Gasteiger partial charge in [0.2, 0.25) is 0 Å². The average molecular weight is 261 g/mol. The molecule has 0 aliphatic heterocycles. The lowest BCUT2D eigenvalue weighted by Gasteiger charge is -2.32. The maximum Gasteiger partial charge on any atom is 0.122 e. The highest BCUT2D eigenvalue weighted by Crippen LogP contribution is 2.34. The van der Waals surface area contributed by atoms with E-state index >= 15 is 0 Å². The van der Waals surface area contributed by atoms with Crippen molar-refractivity contribution in [1.29, 1.82) is 0 Å². The molecule has 2 nitrogen and oxygen atoms in total. The second-order valence-electron chi connectivity index (χ2n) is 5.88. The third kappa shape index (κ3) is 3.73. The zero-order chi connectivity index (χ0) is 13.7. The molecule has 2 unspecified atom stereocenters. The Morgan fingerprint density at radius 2 is 1.95 bits per heavy atom. The van der Waals surface area contributed by atoms with Gasteiger partial charge in [-0.25, -0.2) is 0 Å². The van der Waals surface area contributed by atoms with E-state index in [4.69, 9.17) is 4.74 Å². The first-order valence-electron chi connectivity index (χ1n) is 7.52. The van der Waals surface area contributed by atoms with Gasteiger partial charge in [0.25, 0.3) is 0 Å². The van der Waals surface area contributed by atoms with Crippen molar-refractivity contribution in [3.63, 3.8) is 0 Å². The molecular formula is C17H27NO. The van der Waals surface area contributed by atoms with Gasteiger partial charge >= 0.3 is 0 Å². The van der Waals surface area contributed by atoms with Crippen LogP contribution in [0.15, 0.2) is 18.2 Å². The number of methoxy groups -OCH3 is 1. The fourth-order valence-corrected chi connectivity index (χ4v) is 3.43. The molecule has 0 amide bonds. The summed E-state index contributed by atoms with van der Waals surface area (Å²) in [7, 11) is 3.85. The number of rotatable bonds is 5. The van der Waals surface area contributed by atoms with E-state index in [1.807, 2.05) is 0 Å². The number of aryl methyl sites for hydroxylation is 1. The van der Waals surface area contributed by atoms with Gasteiger partial charge in [0, 0.05) is 0 Å². The summed E-state index contributed by atoms with van der Waals surface area (Å²) in [5, 5.41) is 3.36. The summed E-state index contributed by atoms with van der Waals surface area (Å²) in [5.74, 6) is 2.68. The summed E-state index contributed by atoms with van der Waals surface area (Å²) in [6.07, 6.45) is 6.69. The van der Waals surface area contributed by atoms with Gasteiger partial charge < -0.3 is 10.1 Å². The molecule has 0 aromatic heterocycles. The molecule has 1 saturated carbocycles. The maximum atomic E-state index is 5.52. The van der Waals surface area contributed by atoms with E-state index in [0.717, 1.165) is 30.6 Å². The Kier molecular flexibility index (Phi) is 5.26. The smallest absolute Gasteiger partial charge is 0.122 e. The molecule has 1 N–H and O–H groups in total. The molecule has 2 atom stereocenters. The van der Waals surface area contributed by atoms with Crippen LogP contribution in [0.4, 0.5) is 0 Å². The first-order valence-corrected chi connectivity index (χ1v) is 7.52. The van der Waals surface area contributed by atoms with Gasteiger partial charge in [-0.2, -0.15) is 0 Å². The van der Waals surface area contributed by atoms with E-state index in [1.54, 1.807) is 7.11 Å². The lowest BCUT2D eigenvalue weighted by atomic mass is 9.76. The molecule has 0 saturated heterocycles. The summed E-state index contributed by atoms with van der Waals surface area (Å²) in [6, 6.07) is 6.54. The predicted molar refractivity (Wildman–Crippen MR) is 80.8 cm³/mol. The highest BCUT2D eigenvalue weighted by Gasteiger charge is 2.25. The highest BCUT2D eigenvalue weighted by molar-refractivity contribution is 5.37. The minimum Gasteiger partial charge on any atom is -0.496 e. The Bertz CT molecular complexity index is 400.